The first-order valence-corrected chi connectivity index (χ1v) is 10.0. The number of fused-ring (bicyclic) bond motifs is 1. The third-order valence-electron chi connectivity index (χ3n) is 4.46. The Morgan fingerprint density at radius 3 is 1.82 bits per heavy atom. The molecule has 0 saturated heterocycles. The summed E-state index contributed by atoms with van der Waals surface area (Å²) in [6.45, 7) is 14.0. The predicted molar refractivity (Wildman–Crippen MR) is 104 cm³/mol. The maximum absolute atomic E-state index is 3.75. The Morgan fingerprint density at radius 1 is 0.727 bits per heavy atom. The third-order valence-corrected chi connectivity index (χ3v) is 9.60. The van der Waals surface area contributed by atoms with Gasteiger partial charge in [-0.2, -0.15) is 10.0 Å². The van der Waals surface area contributed by atoms with Crippen LogP contribution in [0.1, 0.15) is 47.1 Å². The standard InChI is InChI=1S/C21H28S/c1-16(2)22(17(3)4,18(5)6)14-13-19-11-12-20-9-7-8-10-21(20)15-19/h7-12,15-18H,1-6H3. The van der Waals surface area contributed by atoms with Gasteiger partial charge in [-0.05, 0) is 43.9 Å². The molecule has 22 heavy (non-hydrogen) atoms. The van der Waals surface area contributed by atoms with Crippen molar-refractivity contribution in [2.24, 2.45) is 0 Å². The van der Waals surface area contributed by atoms with E-state index in [1.54, 1.807) is 0 Å². The summed E-state index contributed by atoms with van der Waals surface area (Å²) in [5.74, 6) is 3.51. The van der Waals surface area contributed by atoms with Gasteiger partial charge in [0.1, 0.15) is 0 Å². The van der Waals surface area contributed by atoms with Gasteiger partial charge in [0.2, 0.25) is 0 Å². The van der Waals surface area contributed by atoms with Gasteiger partial charge < -0.3 is 0 Å². The molecule has 0 aromatic heterocycles. The molecule has 0 bridgehead atoms. The summed E-state index contributed by atoms with van der Waals surface area (Å²) in [6, 6.07) is 15.0. The van der Waals surface area contributed by atoms with E-state index in [4.69, 9.17) is 0 Å². The first-order valence-electron chi connectivity index (χ1n) is 8.19. The number of hydrogen-bond acceptors (Lipinski definition) is 0. The number of rotatable bonds is 3. The molecule has 0 fully saturated rings. The fourth-order valence-electron chi connectivity index (χ4n) is 3.40. The lowest BCUT2D eigenvalue weighted by Gasteiger charge is -2.46. The average Bonchev–Trinajstić information content (AvgIpc) is 2.46. The summed E-state index contributed by atoms with van der Waals surface area (Å²) in [6.07, 6.45) is 0. The highest BCUT2D eigenvalue weighted by atomic mass is 32.3. The molecule has 0 heterocycles. The second-order valence-electron chi connectivity index (χ2n) is 6.70. The van der Waals surface area contributed by atoms with Gasteiger partial charge in [0.25, 0.3) is 0 Å². The molecular weight excluding hydrogens is 284 g/mol. The molecule has 0 saturated carbocycles. The van der Waals surface area contributed by atoms with Gasteiger partial charge in [-0.15, -0.1) is 0 Å². The van der Waals surface area contributed by atoms with Crippen molar-refractivity contribution in [2.45, 2.75) is 57.3 Å². The van der Waals surface area contributed by atoms with E-state index in [0.29, 0.717) is 15.7 Å². The molecule has 2 aromatic rings. The minimum absolute atomic E-state index is 0.625. The maximum Gasteiger partial charge on any atom is 0.0260 e. The van der Waals surface area contributed by atoms with Crippen molar-refractivity contribution in [2.75, 3.05) is 0 Å². The molecular formula is C21H28S. The highest BCUT2D eigenvalue weighted by molar-refractivity contribution is 8.38. The summed E-state index contributed by atoms with van der Waals surface area (Å²) < 4.78 is 0. The first kappa shape index (κ1) is 17.0. The van der Waals surface area contributed by atoms with Crippen LogP contribution in [-0.4, -0.2) is 15.7 Å². The Kier molecular flexibility index (Phi) is 5.24. The monoisotopic (exact) mass is 312 g/mol. The summed E-state index contributed by atoms with van der Waals surface area (Å²) in [7, 11) is -0.959. The molecule has 0 atom stereocenters. The molecule has 0 aliphatic rings. The molecule has 0 radical (unpaired) electrons. The SMILES string of the molecule is CC(C)S(C#Cc1ccc2ccccc2c1)(C(C)C)C(C)C. The van der Waals surface area contributed by atoms with Crippen LogP contribution in [-0.2, 0) is 0 Å². The van der Waals surface area contributed by atoms with Crippen LogP contribution in [0.15, 0.2) is 42.5 Å². The van der Waals surface area contributed by atoms with E-state index in [1.807, 2.05) is 0 Å². The van der Waals surface area contributed by atoms with Crippen LogP contribution in [0.5, 0.6) is 0 Å². The lowest BCUT2D eigenvalue weighted by atomic mass is 10.1. The Labute approximate surface area is 137 Å². The van der Waals surface area contributed by atoms with Crippen molar-refractivity contribution < 1.29 is 0 Å². The highest BCUT2D eigenvalue weighted by Gasteiger charge is 2.32. The Morgan fingerprint density at radius 2 is 1.27 bits per heavy atom. The second kappa shape index (κ2) is 6.80. The summed E-state index contributed by atoms with van der Waals surface area (Å²) in [4.78, 5) is 0. The van der Waals surface area contributed by atoms with E-state index in [2.05, 4.69) is 95.2 Å². The van der Waals surface area contributed by atoms with Gasteiger partial charge in [0, 0.05) is 5.56 Å². The van der Waals surface area contributed by atoms with Crippen molar-refractivity contribution in [1.29, 1.82) is 0 Å². The number of hydrogen-bond donors (Lipinski definition) is 0. The lowest BCUT2D eigenvalue weighted by molar-refractivity contribution is 0.959. The van der Waals surface area contributed by atoms with Crippen molar-refractivity contribution in [3.05, 3.63) is 48.0 Å². The minimum atomic E-state index is -0.959. The first-order chi connectivity index (χ1) is 10.4. The van der Waals surface area contributed by atoms with Gasteiger partial charge in [0.05, 0.1) is 0 Å². The van der Waals surface area contributed by atoms with Crippen molar-refractivity contribution in [3.63, 3.8) is 0 Å². The van der Waals surface area contributed by atoms with E-state index in [0.717, 1.165) is 5.56 Å². The van der Waals surface area contributed by atoms with Gasteiger partial charge >= 0.3 is 0 Å². The van der Waals surface area contributed by atoms with Gasteiger partial charge in [-0.25, -0.2) is 0 Å². The summed E-state index contributed by atoms with van der Waals surface area (Å²) >= 11 is 0. The van der Waals surface area contributed by atoms with Crippen LogP contribution < -0.4 is 0 Å². The van der Waals surface area contributed by atoms with Gasteiger partial charge in [0.15, 0.2) is 0 Å². The van der Waals surface area contributed by atoms with E-state index >= 15 is 0 Å². The lowest BCUT2D eigenvalue weighted by Crippen LogP contribution is -2.27. The van der Waals surface area contributed by atoms with Crippen molar-refractivity contribution in [3.8, 4) is 11.2 Å². The molecule has 0 aliphatic heterocycles. The fraction of sp³-hybridized carbons (Fsp3) is 0.429. The van der Waals surface area contributed by atoms with E-state index in [9.17, 15) is 0 Å². The molecule has 0 N–H and O–H groups in total. The average molecular weight is 313 g/mol. The molecule has 0 aliphatic carbocycles. The molecule has 2 aromatic carbocycles. The minimum Gasteiger partial charge on any atom is -0.170 e. The fourth-order valence-corrected chi connectivity index (χ4v) is 7.67. The predicted octanol–water partition coefficient (Wildman–Crippen LogP) is 6.18. The zero-order valence-corrected chi connectivity index (χ0v) is 15.5. The molecule has 1 heteroatoms. The van der Waals surface area contributed by atoms with Crippen LogP contribution >= 0.6 is 10.0 Å². The third kappa shape index (κ3) is 3.18. The number of benzene rings is 2. The zero-order chi connectivity index (χ0) is 16.3. The molecule has 0 spiro atoms. The van der Waals surface area contributed by atoms with E-state index in [-0.39, 0.29) is 0 Å². The van der Waals surface area contributed by atoms with Crippen LogP contribution in [0.25, 0.3) is 10.8 Å². The molecule has 0 nitrogen and oxygen atoms in total. The smallest absolute Gasteiger partial charge is 0.0260 e. The van der Waals surface area contributed by atoms with Gasteiger partial charge in [-0.1, -0.05) is 77.8 Å². The maximum atomic E-state index is 3.75. The van der Waals surface area contributed by atoms with Crippen molar-refractivity contribution >= 4 is 20.8 Å². The Balaban J connectivity index is 2.47. The van der Waals surface area contributed by atoms with Crippen molar-refractivity contribution in [1.82, 2.24) is 0 Å². The Hall–Kier alpha value is -1.39. The Bertz CT molecular complexity index is 677. The van der Waals surface area contributed by atoms with Crippen LogP contribution in [0.2, 0.25) is 0 Å². The van der Waals surface area contributed by atoms with Crippen LogP contribution in [0.4, 0.5) is 0 Å². The van der Waals surface area contributed by atoms with E-state index in [1.165, 1.54) is 10.8 Å². The van der Waals surface area contributed by atoms with Crippen LogP contribution in [0, 0.1) is 11.2 Å². The second-order valence-corrected chi connectivity index (χ2v) is 11.3. The molecule has 2 rings (SSSR count). The normalized spacial score (nSPS) is 12.8. The summed E-state index contributed by atoms with van der Waals surface area (Å²) in [5, 5.41) is 8.17. The highest BCUT2D eigenvalue weighted by Crippen LogP contribution is 2.59. The topological polar surface area (TPSA) is 0 Å². The zero-order valence-electron chi connectivity index (χ0n) is 14.7. The quantitative estimate of drug-likeness (QED) is 0.594. The van der Waals surface area contributed by atoms with Crippen LogP contribution in [0.3, 0.4) is 0 Å². The van der Waals surface area contributed by atoms with Gasteiger partial charge in [-0.3, -0.25) is 0 Å². The molecule has 0 unspecified atom stereocenters. The molecule has 0 amide bonds. The largest absolute Gasteiger partial charge is 0.170 e. The molecule has 118 valence electrons. The summed E-state index contributed by atoms with van der Waals surface area (Å²) in [5.41, 5.74) is 1.14. The van der Waals surface area contributed by atoms with E-state index < -0.39 is 10.0 Å².